The van der Waals surface area contributed by atoms with Crippen molar-refractivity contribution in [3.05, 3.63) is 29.8 Å². The number of hydrogen-bond acceptors (Lipinski definition) is 3. The highest BCUT2D eigenvalue weighted by Gasteiger charge is 2.53. The molecule has 1 N–H and O–H groups in total. The summed E-state index contributed by atoms with van der Waals surface area (Å²) in [6, 6.07) is 8.41. The molecule has 2 rings (SSSR count). The molecule has 1 aliphatic rings. The third kappa shape index (κ3) is 3.61. The van der Waals surface area contributed by atoms with Crippen LogP contribution in [0.5, 0.6) is 5.75 Å². The van der Waals surface area contributed by atoms with Crippen molar-refractivity contribution in [2.45, 2.75) is 39.3 Å². The van der Waals surface area contributed by atoms with Crippen molar-refractivity contribution in [1.82, 2.24) is 15.1 Å². The van der Waals surface area contributed by atoms with E-state index in [2.05, 4.69) is 74.0 Å². The van der Waals surface area contributed by atoms with Crippen LogP contribution in [0.15, 0.2) is 29.3 Å². The third-order valence-corrected chi connectivity index (χ3v) is 5.93. The molecule has 25 heavy (non-hydrogen) atoms. The van der Waals surface area contributed by atoms with E-state index in [1.54, 1.807) is 7.11 Å². The van der Waals surface area contributed by atoms with Crippen LogP contribution in [0.25, 0.3) is 0 Å². The standard InChI is InChI=1S/C20H34N4O/c1-19(2)14-24(20(19,3)4)18(21-5)22-13-16(23(6)7)15-11-9-10-12-17(15)25-8/h9-12,16H,13-14H2,1-8H3,(H,21,22). The highest BCUT2D eigenvalue weighted by molar-refractivity contribution is 5.82. The van der Waals surface area contributed by atoms with Crippen LogP contribution < -0.4 is 10.1 Å². The lowest BCUT2D eigenvalue weighted by molar-refractivity contribution is -0.0668. The molecular formula is C20H34N4O. The van der Waals surface area contributed by atoms with E-state index in [0.29, 0.717) is 0 Å². The molecule has 0 amide bonds. The Morgan fingerprint density at radius 1 is 1.28 bits per heavy atom. The second-order valence-corrected chi connectivity index (χ2v) is 8.18. The van der Waals surface area contributed by atoms with Gasteiger partial charge in [-0.15, -0.1) is 0 Å². The summed E-state index contributed by atoms with van der Waals surface area (Å²) in [7, 11) is 7.77. The van der Waals surface area contributed by atoms with Crippen LogP contribution in [0.3, 0.4) is 0 Å². The third-order valence-electron chi connectivity index (χ3n) is 5.93. The molecule has 5 nitrogen and oxygen atoms in total. The van der Waals surface area contributed by atoms with Gasteiger partial charge < -0.3 is 19.9 Å². The second kappa shape index (κ2) is 7.24. The first-order valence-corrected chi connectivity index (χ1v) is 8.93. The molecule has 0 spiro atoms. The van der Waals surface area contributed by atoms with Gasteiger partial charge in [-0.1, -0.05) is 32.0 Å². The van der Waals surface area contributed by atoms with Crippen LogP contribution in [0.4, 0.5) is 0 Å². The van der Waals surface area contributed by atoms with E-state index >= 15 is 0 Å². The fraction of sp³-hybridized carbons (Fsp3) is 0.650. The minimum absolute atomic E-state index is 0.0902. The highest BCUT2D eigenvalue weighted by Crippen LogP contribution is 2.46. The van der Waals surface area contributed by atoms with Gasteiger partial charge in [0.05, 0.1) is 13.2 Å². The number of rotatable bonds is 5. The molecule has 0 aliphatic carbocycles. The molecule has 1 unspecified atom stereocenters. The normalized spacial score (nSPS) is 20.2. The van der Waals surface area contributed by atoms with E-state index < -0.39 is 0 Å². The molecule has 1 atom stereocenters. The Morgan fingerprint density at radius 2 is 1.92 bits per heavy atom. The van der Waals surface area contributed by atoms with Gasteiger partial charge in [0.1, 0.15) is 5.75 Å². The highest BCUT2D eigenvalue weighted by atomic mass is 16.5. The zero-order chi connectivity index (χ0) is 18.8. The van der Waals surface area contributed by atoms with Crippen molar-refractivity contribution in [3.8, 4) is 5.75 Å². The van der Waals surface area contributed by atoms with E-state index in [1.165, 1.54) is 5.56 Å². The Balaban J connectivity index is 2.14. The zero-order valence-electron chi connectivity index (χ0n) is 17.1. The van der Waals surface area contributed by atoms with Crippen molar-refractivity contribution in [2.75, 3.05) is 41.3 Å². The van der Waals surface area contributed by atoms with Gasteiger partial charge in [-0.3, -0.25) is 4.99 Å². The van der Waals surface area contributed by atoms with Crippen LogP contribution in [0, 0.1) is 5.41 Å². The van der Waals surface area contributed by atoms with Gasteiger partial charge in [-0.25, -0.2) is 0 Å². The van der Waals surface area contributed by atoms with Crippen LogP contribution >= 0.6 is 0 Å². The van der Waals surface area contributed by atoms with Crippen LogP contribution in [-0.2, 0) is 0 Å². The number of aliphatic imine (C=N–C) groups is 1. The summed E-state index contributed by atoms with van der Waals surface area (Å²) in [5, 5.41) is 3.57. The van der Waals surface area contributed by atoms with E-state index in [0.717, 1.165) is 24.8 Å². The lowest BCUT2D eigenvalue weighted by Gasteiger charge is -2.62. The van der Waals surface area contributed by atoms with Crippen molar-refractivity contribution < 1.29 is 4.74 Å². The van der Waals surface area contributed by atoms with Crippen LogP contribution in [-0.4, -0.2) is 62.6 Å². The number of nitrogens with zero attached hydrogens (tertiary/aromatic N) is 3. The molecule has 5 heteroatoms. The Bertz CT molecular complexity index is 622. The predicted octanol–water partition coefficient (Wildman–Crippen LogP) is 2.99. The first kappa shape index (κ1) is 19.6. The van der Waals surface area contributed by atoms with E-state index in [-0.39, 0.29) is 17.0 Å². The fourth-order valence-electron chi connectivity index (χ4n) is 3.40. The maximum absolute atomic E-state index is 5.55. The molecule has 0 bridgehead atoms. The topological polar surface area (TPSA) is 40.1 Å². The first-order chi connectivity index (χ1) is 11.7. The van der Waals surface area contributed by atoms with Crippen molar-refractivity contribution in [3.63, 3.8) is 0 Å². The molecule has 140 valence electrons. The summed E-state index contributed by atoms with van der Waals surface area (Å²) >= 11 is 0. The number of likely N-dealkylation sites (N-methyl/N-ethyl adjacent to an activating group) is 1. The summed E-state index contributed by atoms with van der Waals surface area (Å²) < 4.78 is 5.55. The number of ether oxygens (including phenoxy) is 1. The van der Waals surface area contributed by atoms with Gasteiger partial charge in [-0.05, 0) is 34.0 Å². The smallest absolute Gasteiger partial charge is 0.194 e. The first-order valence-electron chi connectivity index (χ1n) is 8.93. The summed E-state index contributed by atoms with van der Waals surface area (Å²) in [5.41, 5.74) is 1.56. The molecule has 0 saturated carbocycles. The van der Waals surface area contributed by atoms with Crippen molar-refractivity contribution in [2.24, 2.45) is 10.4 Å². The Kier molecular flexibility index (Phi) is 5.67. The molecule has 1 heterocycles. The summed E-state index contributed by atoms with van der Waals surface area (Å²) in [6.07, 6.45) is 0. The predicted molar refractivity (Wildman–Crippen MR) is 105 cm³/mol. The average molecular weight is 347 g/mol. The lowest BCUT2D eigenvalue weighted by Crippen LogP contribution is -2.72. The quantitative estimate of drug-likeness (QED) is 0.657. The molecule has 1 saturated heterocycles. The molecular weight excluding hydrogens is 312 g/mol. The maximum Gasteiger partial charge on any atom is 0.194 e. The minimum Gasteiger partial charge on any atom is -0.496 e. The Hall–Kier alpha value is -1.75. The van der Waals surface area contributed by atoms with E-state index in [4.69, 9.17) is 4.74 Å². The number of hydrogen-bond donors (Lipinski definition) is 1. The van der Waals surface area contributed by atoms with E-state index in [1.807, 2.05) is 19.2 Å². The number of likely N-dealkylation sites (tertiary alicyclic amines) is 1. The Morgan fingerprint density at radius 3 is 2.40 bits per heavy atom. The number of para-hydroxylation sites is 1. The van der Waals surface area contributed by atoms with E-state index in [9.17, 15) is 0 Å². The SMILES string of the molecule is CN=C(NCC(c1ccccc1OC)N(C)C)N1CC(C)(C)C1(C)C. The maximum atomic E-state index is 5.55. The average Bonchev–Trinajstić information content (AvgIpc) is 2.57. The molecule has 1 fully saturated rings. The largest absolute Gasteiger partial charge is 0.496 e. The van der Waals surface area contributed by atoms with Gasteiger partial charge >= 0.3 is 0 Å². The summed E-state index contributed by atoms with van der Waals surface area (Å²) in [4.78, 5) is 9.10. The zero-order valence-corrected chi connectivity index (χ0v) is 17.1. The van der Waals surface area contributed by atoms with Crippen LogP contribution in [0.1, 0.15) is 39.3 Å². The second-order valence-electron chi connectivity index (χ2n) is 8.18. The van der Waals surface area contributed by atoms with Gasteiger partial charge in [-0.2, -0.15) is 0 Å². The van der Waals surface area contributed by atoms with Gasteiger partial charge in [0.15, 0.2) is 5.96 Å². The van der Waals surface area contributed by atoms with Crippen molar-refractivity contribution in [1.29, 1.82) is 0 Å². The van der Waals surface area contributed by atoms with Gasteiger partial charge in [0.2, 0.25) is 0 Å². The lowest BCUT2D eigenvalue weighted by atomic mass is 9.65. The number of benzene rings is 1. The van der Waals surface area contributed by atoms with Gasteiger partial charge in [0.25, 0.3) is 0 Å². The number of nitrogens with one attached hydrogen (secondary N) is 1. The molecule has 1 aromatic carbocycles. The molecule has 1 aromatic rings. The van der Waals surface area contributed by atoms with Gasteiger partial charge in [0, 0.05) is 36.7 Å². The fourth-order valence-corrected chi connectivity index (χ4v) is 3.40. The molecule has 0 radical (unpaired) electrons. The monoisotopic (exact) mass is 346 g/mol. The van der Waals surface area contributed by atoms with Crippen LogP contribution in [0.2, 0.25) is 0 Å². The Labute approximate surface area is 153 Å². The molecule has 0 aromatic heterocycles. The number of guanidine groups is 1. The minimum atomic E-state index is 0.0902. The molecule has 1 aliphatic heterocycles. The van der Waals surface area contributed by atoms with Crippen molar-refractivity contribution >= 4 is 5.96 Å². The summed E-state index contributed by atoms with van der Waals surface area (Å²) in [6.45, 7) is 11.0. The summed E-state index contributed by atoms with van der Waals surface area (Å²) in [5.74, 6) is 1.88. The number of methoxy groups -OCH3 is 1.